The number of aryl methyl sites for hydroxylation is 1. The second kappa shape index (κ2) is 6.16. The third-order valence-corrected chi connectivity index (χ3v) is 4.63. The summed E-state index contributed by atoms with van der Waals surface area (Å²) in [7, 11) is 0. The third-order valence-electron chi connectivity index (χ3n) is 3.89. The van der Waals surface area contributed by atoms with Gasteiger partial charge in [0.05, 0.1) is 0 Å². The molecule has 0 saturated carbocycles. The van der Waals surface area contributed by atoms with Crippen LogP contribution < -0.4 is 10.5 Å². The molecule has 1 aliphatic rings. The number of hydrogen-bond acceptors (Lipinski definition) is 2. The minimum atomic E-state index is -0.259. The van der Waals surface area contributed by atoms with Gasteiger partial charge in [0, 0.05) is 16.1 Å². The van der Waals surface area contributed by atoms with Gasteiger partial charge in [-0.3, -0.25) is 0 Å². The summed E-state index contributed by atoms with van der Waals surface area (Å²) < 4.78 is 19.6. The van der Waals surface area contributed by atoms with Gasteiger partial charge in [0.2, 0.25) is 0 Å². The van der Waals surface area contributed by atoms with Gasteiger partial charge in [-0.1, -0.05) is 28.1 Å². The average molecular weight is 350 g/mol. The average Bonchev–Trinajstić information content (AvgIpc) is 2.47. The SMILES string of the molecule is N[C@H]1CCCc2ccc(OCc3ccc(F)cc3Br)cc21. The van der Waals surface area contributed by atoms with E-state index in [0.29, 0.717) is 6.61 Å². The molecular weight excluding hydrogens is 333 g/mol. The van der Waals surface area contributed by atoms with Crippen LogP contribution in [-0.2, 0) is 13.0 Å². The molecule has 0 heterocycles. The van der Waals surface area contributed by atoms with Crippen molar-refractivity contribution in [1.82, 2.24) is 0 Å². The number of benzene rings is 2. The first-order valence-corrected chi connectivity index (χ1v) is 7.88. The molecule has 2 N–H and O–H groups in total. The zero-order chi connectivity index (χ0) is 14.8. The fourth-order valence-corrected chi connectivity index (χ4v) is 3.17. The Labute approximate surface area is 132 Å². The van der Waals surface area contributed by atoms with Gasteiger partial charge in [0.15, 0.2) is 0 Å². The summed E-state index contributed by atoms with van der Waals surface area (Å²) in [5.41, 5.74) is 9.59. The molecule has 4 heteroatoms. The van der Waals surface area contributed by atoms with Crippen molar-refractivity contribution < 1.29 is 9.13 Å². The highest BCUT2D eigenvalue weighted by molar-refractivity contribution is 9.10. The highest BCUT2D eigenvalue weighted by Gasteiger charge is 2.17. The number of halogens is 2. The Morgan fingerprint density at radius 2 is 2.10 bits per heavy atom. The minimum Gasteiger partial charge on any atom is -0.489 e. The molecule has 0 radical (unpaired) electrons. The number of ether oxygens (including phenoxy) is 1. The van der Waals surface area contributed by atoms with Gasteiger partial charge >= 0.3 is 0 Å². The molecule has 0 spiro atoms. The summed E-state index contributed by atoms with van der Waals surface area (Å²) in [6.45, 7) is 0.398. The maximum Gasteiger partial charge on any atom is 0.124 e. The lowest BCUT2D eigenvalue weighted by Gasteiger charge is -2.22. The van der Waals surface area contributed by atoms with Gasteiger partial charge in [-0.2, -0.15) is 0 Å². The molecule has 110 valence electrons. The Hall–Kier alpha value is -1.39. The molecule has 1 aliphatic carbocycles. The van der Waals surface area contributed by atoms with Crippen LogP contribution in [0.2, 0.25) is 0 Å². The van der Waals surface area contributed by atoms with Crippen molar-refractivity contribution in [3.8, 4) is 5.75 Å². The molecule has 0 saturated heterocycles. The Morgan fingerprint density at radius 3 is 2.90 bits per heavy atom. The van der Waals surface area contributed by atoms with Gasteiger partial charge in [0.25, 0.3) is 0 Å². The van der Waals surface area contributed by atoms with Crippen LogP contribution in [0.4, 0.5) is 4.39 Å². The fraction of sp³-hybridized carbons (Fsp3) is 0.294. The van der Waals surface area contributed by atoms with E-state index in [-0.39, 0.29) is 11.9 Å². The first-order valence-electron chi connectivity index (χ1n) is 7.08. The predicted octanol–water partition coefficient (Wildman–Crippen LogP) is 4.50. The summed E-state index contributed by atoms with van der Waals surface area (Å²) >= 11 is 3.35. The van der Waals surface area contributed by atoms with Gasteiger partial charge in [-0.25, -0.2) is 4.39 Å². The van der Waals surface area contributed by atoms with Crippen molar-refractivity contribution >= 4 is 15.9 Å². The molecule has 0 amide bonds. The highest BCUT2D eigenvalue weighted by atomic mass is 79.9. The second-order valence-corrected chi connectivity index (χ2v) is 6.24. The second-order valence-electron chi connectivity index (χ2n) is 5.38. The predicted molar refractivity (Wildman–Crippen MR) is 84.7 cm³/mol. The Kier molecular flexibility index (Phi) is 4.27. The highest BCUT2D eigenvalue weighted by Crippen LogP contribution is 2.31. The Balaban J connectivity index is 1.75. The van der Waals surface area contributed by atoms with Crippen molar-refractivity contribution in [2.24, 2.45) is 5.73 Å². The van der Waals surface area contributed by atoms with Crippen molar-refractivity contribution in [1.29, 1.82) is 0 Å². The summed E-state index contributed by atoms with van der Waals surface area (Å²) in [6.07, 6.45) is 3.27. The topological polar surface area (TPSA) is 35.2 Å². The molecule has 0 bridgehead atoms. The number of fused-ring (bicyclic) bond motifs is 1. The van der Waals surface area contributed by atoms with Crippen LogP contribution in [0, 0.1) is 5.82 Å². The van der Waals surface area contributed by atoms with Crippen molar-refractivity contribution in [3.63, 3.8) is 0 Å². The largest absolute Gasteiger partial charge is 0.489 e. The molecule has 0 unspecified atom stereocenters. The van der Waals surface area contributed by atoms with E-state index >= 15 is 0 Å². The molecule has 2 nitrogen and oxygen atoms in total. The summed E-state index contributed by atoms with van der Waals surface area (Å²) in [5.74, 6) is 0.549. The van der Waals surface area contributed by atoms with E-state index in [1.54, 1.807) is 6.07 Å². The number of hydrogen-bond donors (Lipinski definition) is 1. The van der Waals surface area contributed by atoms with Crippen LogP contribution in [0.1, 0.15) is 35.6 Å². The van der Waals surface area contributed by atoms with Crippen LogP contribution in [-0.4, -0.2) is 0 Å². The number of rotatable bonds is 3. The van der Waals surface area contributed by atoms with Gasteiger partial charge < -0.3 is 10.5 Å². The van der Waals surface area contributed by atoms with E-state index in [4.69, 9.17) is 10.5 Å². The summed E-state index contributed by atoms with van der Waals surface area (Å²) in [5, 5.41) is 0. The first-order chi connectivity index (χ1) is 10.1. The minimum absolute atomic E-state index is 0.106. The maximum atomic E-state index is 13.1. The van der Waals surface area contributed by atoms with Crippen LogP contribution in [0.5, 0.6) is 5.75 Å². The molecule has 2 aromatic rings. The zero-order valence-electron chi connectivity index (χ0n) is 11.6. The van der Waals surface area contributed by atoms with E-state index in [0.717, 1.165) is 35.0 Å². The molecule has 2 aromatic carbocycles. The smallest absolute Gasteiger partial charge is 0.124 e. The fourth-order valence-electron chi connectivity index (χ4n) is 2.70. The standard InChI is InChI=1S/C17H17BrFNO/c18-16-8-13(19)6-4-12(16)10-21-14-7-5-11-2-1-3-17(20)15(11)9-14/h4-9,17H,1-3,10,20H2/t17-/m0/s1. The van der Waals surface area contributed by atoms with Crippen molar-refractivity contribution in [2.45, 2.75) is 31.9 Å². The lowest BCUT2D eigenvalue weighted by atomic mass is 9.88. The van der Waals surface area contributed by atoms with E-state index in [1.807, 2.05) is 12.1 Å². The lowest BCUT2D eigenvalue weighted by molar-refractivity contribution is 0.304. The molecule has 0 aromatic heterocycles. The summed E-state index contributed by atoms with van der Waals surface area (Å²) in [4.78, 5) is 0. The van der Waals surface area contributed by atoms with Crippen LogP contribution in [0.15, 0.2) is 40.9 Å². The number of nitrogens with two attached hydrogens (primary N) is 1. The monoisotopic (exact) mass is 349 g/mol. The maximum absolute atomic E-state index is 13.1. The van der Waals surface area contributed by atoms with Gasteiger partial charge in [0.1, 0.15) is 18.2 Å². The molecule has 3 rings (SSSR count). The molecule has 0 aliphatic heterocycles. The van der Waals surface area contributed by atoms with E-state index in [1.165, 1.54) is 23.3 Å². The van der Waals surface area contributed by atoms with E-state index in [9.17, 15) is 4.39 Å². The molecule has 0 fully saturated rings. The summed E-state index contributed by atoms with van der Waals surface area (Å²) in [6, 6.07) is 10.8. The van der Waals surface area contributed by atoms with Crippen LogP contribution in [0.25, 0.3) is 0 Å². The zero-order valence-corrected chi connectivity index (χ0v) is 13.2. The van der Waals surface area contributed by atoms with Gasteiger partial charge in [-0.05, 0) is 54.7 Å². The quantitative estimate of drug-likeness (QED) is 0.884. The lowest BCUT2D eigenvalue weighted by Crippen LogP contribution is -2.17. The third kappa shape index (κ3) is 3.27. The normalized spacial score (nSPS) is 17.4. The van der Waals surface area contributed by atoms with Crippen molar-refractivity contribution in [3.05, 3.63) is 63.4 Å². The Bertz CT molecular complexity index is 659. The Morgan fingerprint density at radius 1 is 1.24 bits per heavy atom. The van der Waals surface area contributed by atoms with Crippen LogP contribution >= 0.6 is 15.9 Å². The van der Waals surface area contributed by atoms with E-state index in [2.05, 4.69) is 22.0 Å². The van der Waals surface area contributed by atoms with Crippen molar-refractivity contribution in [2.75, 3.05) is 0 Å². The molecular formula is C17H17BrFNO. The first kappa shape index (κ1) is 14.5. The van der Waals surface area contributed by atoms with Crippen LogP contribution in [0.3, 0.4) is 0 Å². The van der Waals surface area contributed by atoms with E-state index < -0.39 is 0 Å². The molecule has 21 heavy (non-hydrogen) atoms. The van der Waals surface area contributed by atoms with Gasteiger partial charge in [-0.15, -0.1) is 0 Å². The molecule has 1 atom stereocenters.